The van der Waals surface area contributed by atoms with E-state index in [2.05, 4.69) is 23.5 Å². The van der Waals surface area contributed by atoms with E-state index < -0.39 is 11.9 Å². The Bertz CT molecular complexity index is 230. The maximum atomic E-state index is 11.4. The number of methoxy groups -OCH3 is 1. The third kappa shape index (κ3) is 2.32. The predicted molar refractivity (Wildman–Crippen MR) is 51.8 cm³/mol. The topological polar surface area (TPSA) is 46.6 Å². The molecule has 0 aromatic heterocycles. The van der Waals surface area contributed by atoms with E-state index in [4.69, 9.17) is 0 Å². The van der Waals surface area contributed by atoms with Gasteiger partial charge in [-0.25, -0.2) is 0 Å². The van der Waals surface area contributed by atoms with Gasteiger partial charge in [0, 0.05) is 25.6 Å². The summed E-state index contributed by atoms with van der Waals surface area (Å²) in [6.07, 6.45) is 0.456. The average Bonchev–Trinajstić information content (AvgIpc) is 2.17. The maximum Gasteiger partial charge on any atom is 0.317 e. The van der Waals surface area contributed by atoms with Crippen LogP contribution in [0, 0.1) is 5.92 Å². The van der Waals surface area contributed by atoms with E-state index in [1.54, 1.807) is 0 Å². The molecule has 1 unspecified atom stereocenters. The van der Waals surface area contributed by atoms with Gasteiger partial charge < -0.3 is 4.74 Å². The molecule has 1 rings (SSSR count). The smallest absolute Gasteiger partial charge is 0.317 e. The number of rotatable bonds is 2. The van der Waals surface area contributed by atoms with E-state index in [1.807, 2.05) is 0 Å². The van der Waals surface area contributed by atoms with E-state index in [0.717, 1.165) is 6.54 Å². The largest absolute Gasteiger partial charge is 0.468 e. The molecule has 14 heavy (non-hydrogen) atoms. The molecule has 0 bridgehead atoms. The summed E-state index contributed by atoms with van der Waals surface area (Å²) in [5.41, 5.74) is 0. The number of esters is 1. The van der Waals surface area contributed by atoms with Gasteiger partial charge in [0.15, 0.2) is 0 Å². The molecule has 1 fully saturated rings. The number of ether oxygens (including phenoxy) is 1. The van der Waals surface area contributed by atoms with Gasteiger partial charge >= 0.3 is 5.97 Å². The Morgan fingerprint density at radius 3 is 2.71 bits per heavy atom. The van der Waals surface area contributed by atoms with E-state index in [0.29, 0.717) is 19.0 Å². The molecule has 0 spiro atoms. The van der Waals surface area contributed by atoms with Crippen molar-refractivity contribution in [1.29, 1.82) is 0 Å². The fourth-order valence-corrected chi connectivity index (χ4v) is 1.67. The van der Waals surface area contributed by atoms with Crippen LogP contribution in [0.5, 0.6) is 0 Å². The first-order valence-corrected chi connectivity index (χ1v) is 4.91. The van der Waals surface area contributed by atoms with Gasteiger partial charge in [0.05, 0.1) is 7.11 Å². The summed E-state index contributed by atoms with van der Waals surface area (Å²) >= 11 is 0. The molecule has 1 heterocycles. The first-order valence-electron chi connectivity index (χ1n) is 4.91. The van der Waals surface area contributed by atoms with Crippen molar-refractivity contribution in [3.8, 4) is 0 Å². The lowest BCUT2D eigenvalue weighted by molar-refractivity contribution is -0.152. The van der Waals surface area contributed by atoms with Crippen LogP contribution in [0.15, 0.2) is 0 Å². The minimum Gasteiger partial charge on any atom is -0.468 e. The molecule has 0 amide bonds. The third-order valence-electron chi connectivity index (χ3n) is 2.67. The molecule has 4 nitrogen and oxygen atoms in total. The lowest BCUT2D eigenvalue weighted by Crippen LogP contribution is -2.47. The number of piperidine rings is 1. The summed E-state index contributed by atoms with van der Waals surface area (Å²) in [6.45, 7) is 5.38. The number of Topliss-reactive ketones (excluding diaryl/α,β-unsaturated/α-hetero) is 1. The fourth-order valence-electron chi connectivity index (χ4n) is 1.67. The van der Waals surface area contributed by atoms with Gasteiger partial charge in [-0.05, 0) is 13.8 Å². The number of ketones is 1. The first kappa shape index (κ1) is 11.2. The van der Waals surface area contributed by atoms with Crippen LogP contribution < -0.4 is 0 Å². The van der Waals surface area contributed by atoms with Crippen LogP contribution in [-0.4, -0.2) is 42.9 Å². The van der Waals surface area contributed by atoms with E-state index >= 15 is 0 Å². The van der Waals surface area contributed by atoms with Gasteiger partial charge in [-0.2, -0.15) is 0 Å². The number of carbonyl (C=O) groups is 2. The zero-order valence-corrected chi connectivity index (χ0v) is 8.95. The molecule has 0 aliphatic carbocycles. The second kappa shape index (κ2) is 4.55. The van der Waals surface area contributed by atoms with Crippen LogP contribution in [0.4, 0.5) is 0 Å². The van der Waals surface area contributed by atoms with E-state index in [-0.39, 0.29) is 5.78 Å². The SMILES string of the molecule is COC(=O)C1CN(C(C)C)CCC1=O. The number of likely N-dealkylation sites (tertiary alicyclic amines) is 1. The third-order valence-corrected chi connectivity index (χ3v) is 2.67. The van der Waals surface area contributed by atoms with Gasteiger partial charge in [-0.3, -0.25) is 14.5 Å². The molecule has 1 aliphatic heterocycles. The van der Waals surface area contributed by atoms with Gasteiger partial charge in [-0.15, -0.1) is 0 Å². The van der Waals surface area contributed by atoms with Crippen LogP contribution in [0.25, 0.3) is 0 Å². The summed E-state index contributed by atoms with van der Waals surface area (Å²) < 4.78 is 4.60. The van der Waals surface area contributed by atoms with Crippen LogP contribution in [-0.2, 0) is 14.3 Å². The van der Waals surface area contributed by atoms with Gasteiger partial charge in [0.25, 0.3) is 0 Å². The number of carbonyl (C=O) groups excluding carboxylic acids is 2. The minimum atomic E-state index is -0.573. The second-order valence-electron chi connectivity index (χ2n) is 3.88. The molecule has 0 aromatic carbocycles. The zero-order valence-electron chi connectivity index (χ0n) is 8.95. The number of hydrogen-bond acceptors (Lipinski definition) is 4. The predicted octanol–water partition coefficient (Wildman–Crippen LogP) is 0.459. The molecule has 0 N–H and O–H groups in total. The molecule has 80 valence electrons. The quantitative estimate of drug-likeness (QED) is 0.479. The Kier molecular flexibility index (Phi) is 3.63. The number of hydrogen-bond donors (Lipinski definition) is 0. The van der Waals surface area contributed by atoms with Crippen molar-refractivity contribution in [3.05, 3.63) is 0 Å². The Hall–Kier alpha value is -0.900. The molecule has 0 saturated carbocycles. The van der Waals surface area contributed by atoms with Crippen LogP contribution in [0.3, 0.4) is 0 Å². The molecule has 1 saturated heterocycles. The molecular weight excluding hydrogens is 182 g/mol. The van der Waals surface area contributed by atoms with Crippen molar-refractivity contribution in [2.24, 2.45) is 5.92 Å². The van der Waals surface area contributed by atoms with Gasteiger partial charge in [0.2, 0.25) is 0 Å². The molecular formula is C10H17NO3. The van der Waals surface area contributed by atoms with Crippen molar-refractivity contribution in [3.63, 3.8) is 0 Å². The molecule has 0 radical (unpaired) electrons. The Morgan fingerprint density at radius 2 is 2.21 bits per heavy atom. The fraction of sp³-hybridized carbons (Fsp3) is 0.800. The van der Waals surface area contributed by atoms with Crippen molar-refractivity contribution < 1.29 is 14.3 Å². The van der Waals surface area contributed by atoms with Gasteiger partial charge in [-0.1, -0.05) is 0 Å². The van der Waals surface area contributed by atoms with Crippen LogP contribution in [0.2, 0.25) is 0 Å². The van der Waals surface area contributed by atoms with E-state index in [9.17, 15) is 9.59 Å². The summed E-state index contributed by atoms with van der Waals surface area (Å²) in [4.78, 5) is 24.8. The Balaban J connectivity index is 2.64. The van der Waals surface area contributed by atoms with E-state index in [1.165, 1.54) is 7.11 Å². The van der Waals surface area contributed by atoms with Crippen molar-refractivity contribution in [2.45, 2.75) is 26.3 Å². The highest BCUT2D eigenvalue weighted by atomic mass is 16.5. The van der Waals surface area contributed by atoms with Gasteiger partial charge in [0.1, 0.15) is 11.7 Å². The Labute approximate surface area is 84.2 Å². The van der Waals surface area contributed by atoms with Crippen LogP contribution in [0.1, 0.15) is 20.3 Å². The lowest BCUT2D eigenvalue weighted by atomic mass is 9.96. The molecule has 1 atom stereocenters. The zero-order chi connectivity index (χ0) is 10.7. The average molecular weight is 199 g/mol. The highest BCUT2D eigenvalue weighted by Gasteiger charge is 2.34. The first-order chi connectivity index (χ1) is 6.56. The summed E-state index contributed by atoms with van der Waals surface area (Å²) in [5.74, 6) is -0.967. The Morgan fingerprint density at radius 1 is 1.57 bits per heavy atom. The standard InChI is InChI=1S/C10H17NO3/c1-7(2)11-5-4-9(12)8(6-11)10(13)14-3/h7-8H,4-6H2,1-3H3. The van der Waals surface area contributed by atoms with Crippen LogP contribution >= 0.6 is 0 Å². The number of nitrogens with zero attached hydrogens (tertiary/aromatic N) is 1. The lowest BCUT2D eigenvalue weighted by Gasteiger charge is -2.33. The summed E-state index contributed by atoms with van der Waals surface area (Å²) in [5, 5.41) is 0. The molecule has 1 aliphatic rings. The minimum absolute atomic E-state index is 0.00810. The summed E-state index contributed by atoms with van der Waals surface area (Å²) in [7, 11) is 1.32. The highest BCUT2D eigenvalue weighted by molar-refractivity contribution is 5.99. The summed E-state index contributed by atoms with van der Waals surface area (Å²) in [6, 6.07) is 0.371. The molecule has 0 aromatic rings. The molecule has 4 heteroatoms. The monoisotopic (exact) mass is 199 g/mol. The normalized spacial score (nSPS) is 24.0. The van der Waals surface area contributed by atoms with Crippen molar-refractivity contribution >= 4 is 11.8 Å². The van der Waals surface area contributed by atoms with Crippen molar-refractivity contribution in [1.82, 2.24) is 4.90 Å². The maximum absolute atomic E-state index is 11.4. The highest BCUT2D eigenvalue weighted by Crippen LogP contribution is 2.16. The van der Waals surface area contributed by atoms with Crippen molar-refractivity contribution in [2.75, 3.05) is 20.2 Å². The second-order valence-corrected chi connectivity index (χ2v) is 3.88.